The summed E-state index contributed by atoms with van der Waals surface area (Å²) in [7, 11) is 1.35. The van der Waals surface area contributed by atoms with Crippen LogP contribution in [0.5, 0.6) is 11.5 Å². The van der Waals surface area contributed by atoms with Crippen LogP contribution in [0, 0.1) is 0 Å². The van der Waals surface area contributed by atoms with Crippen LogP contribution in [-0.2, 0) is 33.4 Å². The summed E-state index contributed by atoms with van der Waals surface area (Å²) in [4.78, 5) is 27.7. The number of ether oxygens (including phenoxy) is 4. The molecule has 8 nitrogen and oxygen atoms in total. The van der Waals surface area contributed by atoms with Gasteiger partial charge in [-0.2, -0.15) is 13.2 Å². The van der Waals surface area contributed by atoms with E-state index in [0.29, 0.717) is 62.7 Å². The first-order valence-corrected chi connectivity index (χ1v) is 14.2. The van der Waals surface area contributed by atoms with E-state index in [0.717, 1.165) is 17.2 Å². The van der Waals surface area contributed by atoms with Gasteiger partial charge >= 0.3 is 18.2 Å². The van der Waals surface area contributed by atoms with Crippen molar-refractivity contribution in [3.63, 3.8) is 0 Å². The molecule has 3 aliphatic rings. The van der Waals surface area contributed by atoms with Gasteiger partial charge in [0.1, 0.15) is 23.2 Å². The van der Waals surface area contributed by atoms with E-state index in [1.165, 1.54) is 13.2 Å². The molecule has 0 spiro atoms. The van der Waals surface area contributed by atoms with Crippen LogP contribution < -0.4 is 9.47 Å². The zero-order valence-electron chi connectivity index (χ0n) is 24.4. The van der Waals surface area contributed by atoms with Crippen LogP contribution in [-0.4, -0.2) is 67.4 Å². The summed E-state index contributed by atoms with van der Waals surface area (Å²) >= 11 is 0. The highest BCUT2D eigenvalue weighted by Crippen LogP contribution is 2.44. The molecule has 1 unspecified atom stereocenters. The second kappa shape index (κ2) is 11.7. The first-order valence-electron chi connectivity index (χ1n) is 14.2. The van der Waals surface area contributed by atoms with Crippen LogP contribution in [0.25, 0.3) is 0 Å². The Hall–Kier alpha value is -3.47. The number of carbonyl (C=O) groups excluding carboxylic acids is 2. The predicted octanol–water partition coefficient (Wildman–Crippen LogP) is 5.86. The van der Waals surface area contributed by atoms with Crippen molar-refractivity contribution >= 4 is 12.1 Å². The second-order valence-corrected chi connectivity index (χ2v) is 12.0. The van der Waals surface area contributed by atoms with Crippen molar-refractivity contribution in [2.45, 2.75) is 70.4 Å². The first-order chi connectivity index (χ1) is 19.8. The van der Waals surface area contributed by atoms with Crippen LogP contribution >= 0.6 is 0 Å². The summed E-state index contributed by atoms with van der Waals surface area (Å²) in [5.41, 5.74) is 1.39. The number of carbonyl (C=O) groups is 2. The molecule has 42 heavy (non-hydrogen) atoms. The minimum atomic E-state index is -4.49. The fourth-order valence-electron chi connectivity index (χ4n) is 5.89. The number of hydrogen-bond donors (Lipinski definition) is 0. The van der Waals surface area contributed by atoms with E-state index in [4.69, 9.17) is 18.9 Å². The topological polar surface area (TPSA) is 77.5 Å². The zero-order valence-corrected chi connectivity index (χ0v) is 24.4. The Morgan fingerprint density at radius 3 is 2.40 bits per heavy atom. The number of methoxy groups -OCH3 is 1. The molecule has 2 aromatic carbocycles. The van der Waals surface area contributed by atoms with E-state index in [1.54, 1.807) is 31.7 Å². The van der Waals surface area contributed by atoms with Gasteiger partial charge in [0.2, 0.25) is 0 Å². The number of benzene rings is 2. The predicted molar refractivity (Wildman–Crippen MR) is 148 cm³/mol. The van der Waals surface area contributed by atoms with Crippen LogP contribution in [0.15, 0.2) is 30.3 Å². The molecule has 11 heteroatoms. The summed E-state index contributed by atoms with van der Waals surface area (Å²) in [5, 5.41) is 0. The first kappa shape index (κ1) is 30.0. The average Bonchev–Trinajstić information content (AvgIpc) is 3.51. The van der Waals surface area contributed by atoms with E-state index < -0.39 is 29.5 Å². The van der Waals surface area contributed by atoms with Gasteiger partial charge in [-0.15, -0.1) is 0 Å². The van der Waals surface area contributed by atoms with Crippen molar-refractivity contribution < 1.29 is 41.7 Å². The van der Waals surface area contributed by atoms with E-state index in [-0.39, 0.29) is 30.4 Å². The van der Waals surface area contributed by atoms with Crippen molar-refractivity contribution in [1.82, 2.24) is 9.80 Å². The molecule has 2 aliphatic heterocycles. The lowest BCUT2D eigenvalue weighted by atomic mass is 9.96. The maximum atomic E-state index is 14.1. The number of amides is 1. The summed E-state index contributed by atoms with van der Waals surface area (Å²) in [6, 6.07) is 8.16. The number of fused-ring (bicyclic) bond motifs is 2. The Morgan fingerprint density at radius 1 is 1.02 bits per heavy atom. The smallest absolute Gasteiger partial charge is 0.416 e. The van der Waals surface area contributed by atoms with Crippen LogP contribution in [0.4, 0.5) is 18.0 Å². The van der Waals surface area contributed by atoms with Gasteiger partial charge < -0.3 is 23.8 Å². The van der Waals surface area contributed by atoms with Crippen LogP contribution in [0.3, 0.4) is 0 Å². The third-order valence-corrected chi connectivity index (χ3v) is 7.97. The molecule has 1 saturated heterocycles. The highest BCUT2D eigenvalue weighted by Gasteiger charge is 2.38. The number of rotatable bonds is 6. The molecule has 2 heterocycles. The molecule has 0 bridgehead atoms. The fourth-order valence-corrected chi connectivity index (χ4v) is 5.89. The Bertz CT molecular complexity index is 1330. The number of hydrogen-bond acceptors (Lipinski definition) is 7. The van der Waals surface area contributed by atoms with Crippen molar-refractivity contribution in [2.75, 3.05) is 39.9 Å². The molecule has 0 radical (unpaired) electrons. The maximum absolute atomic E-state index is 14.1. The van der Waals surface area contributed by atoms with Crippen molar-refractivity contribution in [2.24, 2.45) is 0 Å². The van der Waals surface area contributed by atoms with E-state index in [1.807, 2.05) is 17.0 Å². The monoisotopic (exact) mass is 590 g/mol. The summed E-state index contributed by atoms with van der Waals surface area (Å²) in [6.45, 7) is 7.58. The van der Waals surface area contributed by atoms with Gasteiger partial charge in [0.15, 0.2) is 0 Å². The molecule has 2 atom stereocenters. The van der Waals surface area contributed by atoms with Gasteiger partial charge in [-0.3, -0.25) is 9.69 Å². The van der Waals surface area contributed by atoms with Crippen LogP contribution in [0.1, 0.15) is 73.5 Å². The number of halogens is 3. The fraction of sp³-hybridized carbons (Fsp3) is 0.548. The van der Waals surface area contributed by atoms with Gasteiger partial charge in [-0.25, -0.2) is 4.79 Å². The van der Waals surface area contributed by atoms with Gasteiger partial charge in [-0.05, 0) is 62.4 Å². The number of alkyl halides is 3. The lowest BCUT2D eigenvalue weighted by molar-refractivity contribution is -0.141. The molecule has 1 amide bonds. The molecule has 5 rings (SSSR count). The Kier molecular flexibility index (Phi) is 8.33. The normalized spacial score (nSPS) is 20.5. The zero-order chi connectivity index (χ0) is 30.2. The summed E-state index contributed by atoms with van der Waals surface area (Å²) < 4.78 is 64.7. The Labute approximate surface area is 243 Å². The molecular formula is C31H37F3N2O6. The van der Waals surface area contributed by atoms with E-state index in [9.17, 15) is 22.8 Å². The highest BCUT2D eigenvalue weighted by molar-refractivity contribution is 5.71. The lowest BCUT2D eigenvalue weighted by Gasteiger charge is -2.36. The summed E-state index contributed by atoms with van der Waals surface area (Å²) in [5.74, 6) is 0.796. The molecule has 0 aromatic heterocycles. The number of esters is 1. The molecule has 1 aliphatic carbocycles. The Balaban J connectivity index is 1.30. The van der Waals surface area contributed by atoms with Crippen molar-refractivity contribution in [3.05, 3.63) is 58.1 Å². The molecule has 0 saturated carbocycles. The maximum Gasteiger partial charge on any atom is 0.416 e. The molecule has 228 valence electrons. The van der Waals surface area contributed by atoms with Crippen molar-refractivity contribution in [3.8, 4) is 11.5 Å². The standard InChI is InChI=1S/C31H37F3N2O6/c1-30(2,3)42-29(38)36-13-11-35(12-14-36)17-24-22-8-10-26(23(22)7-9-25(24)31(32,33)34)41-20-5-6-21-19(15-28(37)39-4)18-40-27(21)16-20/h5-7,9,16,19,26H,8,10-15,17-18H2,1-4H3/t19?,26-/m1/s1. The highest BCUT2D eigenvalue weighted by atomic mass is 19.4. The van der Waals surface area contributed by atoms with Crippen LogP contribution in [0.2, 0.25) is 0 Å². The number of piperazine rings is 1. The van der Waals surface area contributed by atoms with Gasteiger partial charge in [-0.1, -0.05) is 12.1 Å². The average molecular weight is 591 g/mol. The number of nitrogens with zero attached hydrogens (tertiary/aromatic N) is 2. The summed E-state index contributed by atoms with van der Waals surface area (Å²) in [6.07, 6.45) is -4.04. The second-order valence-electron chi connectivity index (χ2n) is 12.0. The van der Waals surface area contributed by atoms with Gasteiger partial charge in [0, 0.05) is 50.3 Å². The van der Waals surface area contributed by atoms with Gasteiger partial charge in [0.05, 0.1) is 25.7 Å². The third kappa shape index (κ3) is 6.61. The molecule has 0 N–H and O–H groups in total. The van der Waals surface area contributed by atoms with Gasteiger partial charge in [0.25, 0.3) is 0 Å². The molecule has 2 aromatic rings. The van der Waals surface area contributed by atoms with E-state index >= 15 is 0 Å². The van der Waals surface area contributed by atoms with Crippen molar-refractivity contribution in [1.29, 1.82) is 0 Å². The largest absolute Gasteiger partial charge is 0.492 e. The molecule has 1 fully saturated rings. The SMILES string of the molecule is COC(=O)CC1COc2cc(O[C@@H]3CCc4c3ccc(C(F)(F)F)c4CN3CCN(C(=O)OC(C)(C)C)CC3)ccc21. The lowest BCUT2D eigenvalue weighted by Crippen LogP contribution is -2.49. The minimum Gasteiger partial charge on any atom is -0.492 e. The van der Waals surface area contributed by atoms with E-state index in [2.05, 4.69) is 0 Å². The molecular weight excluding hydrogens is 553 g/mol. The quantitative estimate of drug-likeness (QED) is 0.390. The third-order valence-electron chi connectivity index (χ3n) is 7.97. The Morgan fingerprint density at radius 2 is 1.74 bits per heavy atom. The minimum absolute atomic E-state index is 0.0944.